The van der Waals surface area contributed by atoms with E-state index >= 15 is 0 Å². The minimum Gasteiger partial charge on any atom is -0.376 e. The summed E-state index contributed by atoms with van der Waals surface area (Å²) in [6, 6.07) is 6.79. The molecule has 5 rings (SSSR count). The van der Waals surface area contributed by atoms with E-state index in [9.17, 15) is 14.4 Å². The lowest BCUT2D eigenvalue weighted by atomic mass is 9.81. The highest BCUT2D eigenvalue weighted by Gasteiger charge is 2.66. The van der Waals surface area contributed by atoms with Gasteiger partial charge >= 0.3 is 0 Å². The summed E-state index contributed by atoms with van der Waals surface area (Å²) in [6.07, 6.45) is 2.93. The fourth-order valence-electron chi connectivity index (χ4n) is 5.50. The Hall–Kier alpha value is -1.25. The average molecular weight is 526 g/mol. The number of fused-ring (bicyclic) bond motifs is 5. The Morgan fingerprint density at radius 3 is 2.45 bits per heavy atom. The Morgan fingerprint density at radius 1 is 1.14 bits per heavy atom. The molecular weight excluding hydrogens is 504 g/mol. The summed E-state index contributed by atoms with van der Waals surface area (Å²) in [5.74, 6) is -0.655. The Morgan fingerprint density at radius 2 is 1.83 bits per heavy atom. The van der Waals surface area contributed by atoms with Crippen LogP contribution in [0, 0.1) is 23.7 Å². The summed E-state index contributed by atoms with van der Waals surface area (Å²) in [5.41, 5.74) is 0.925. The second-order valence-corrected chi connectivity index (χ2v) is 10.5. The lowest BCUT2D eigenvalue weighted by Gasteiger charge is -2.28. The second-order valence-electron chi connectivity index (χ2n) is 8.41. The van der Waals surface area contributed by atoms with Crippen molar-refractivity contribution < 1.29 is 19.1 Å². The van der Waals surface area contributed by atoms with Gasteiger partial charge in [0.2, 0.25) is 11.8 Å². The van der Waals surface area contributed by atoms with Crippen molar-refractivity contribution in [3.8, 4) is 0 Å². The molecule has 8 heteroatoms. The van der Waals surface area contributed by atoms with Gasteiger partial charge < -0.3 is 10.1 Å². The monoisotopic (exact) mass is 524 g/mol. The van der Waals surface area contributed by atoms with Crippen molar-refractivity contribution >= 4 is 55.3 Å². The molecular formula is C21H22Br2N2O4. The molecule has 7 atom stereocenters. The normalized spacial score (nSPS) is 38.0. The van der Waals surface area contributed by atoms with Crippen molar-refractivity contribution in [3.05, 3.63) is 29.8 Å². The van der Waals surface area contributed by atoms with Crippen molar-refractivity contribution in [2.24, 2.45) is 23.7 Å². The molecule has 6 nitrogen and oxygen atoms in total. The molecule has 2 heterocycles. The molecule has 0 spiro atoms. The van der Waals surface area contributed by atoms with Gasteiger partial charge in [-0.3, -0.25) is 19.3 Å². The Balaban J connectivity index is 1.35. The predicted octanol–water partition coefficient (Wildman–Crippen LogP) is 2.88. The summed E-state index contributed by atoms with van der Waals surface area (Å²) >= 11 is 7.41. The molecule has 1 aromatic rings. The van der Waals surface area contributed by atoms with Crippen LogP contribution < -0.4 is 10.2 Å². The highest BCUT2D eigenvalue weighted by atomic mass is 79.9. The lowest BCUT2D eigenvalue weighted by molar-refractivity contribution is -0.123. The number of carbonyl (C=O) groups is 3. The highest BCUT2D eigenvalue weighted by molar-refractivity contribution is 9.12. The zero-order valence-electron chi connectivity index (χ0n) is 15.7. The van der Waals surface area contributed by atoms with Crippen LogP contribution in [0.2, 0.25) is 0 Å². The first-order valence-corrected chi connectivity index (χ1v) is 12.0. The van der Waals surface area contributed by atoms with Gasteiger partial charge in [-0.15, -0.1) is 0 Å². The summed E-state index contributed by atoms with van der Waals surface area (Å²) in [5, 5.41) is 2.89. The summed E-state index contributed by atoms with van der Waals surface area (Å²) in [7, 11) is 0. The van der Waals surface area contributed by atoms with Crippen molar-refractivity contribution in [1.82, 2.24) is 5.32 Å². The summed E-state index contributed by atoms with van der Waals surface area (Å²) < 4.78 is 5.54. The molecule has 3 amide bonds. The van der Waals surface area contributed by atoms with Crippen LogP contribution in [0.5, 0.6) is 0 Å². The molecule has 0 aromatic heterocycles. The van der Waals surface area contributed by atoms with Gasteiger partial charge in [0, 0.05) is 28.4 Å². The molecule has 4 fully saturated rings. The average Bonchev–Trinajstić information content (AvgIpc) is 3.47. The maximum atomic E-state index is 13.2. The third-order valence-corrected chi connectivity index (χ3v) is 10.1. The van der Waals surface area contributed by atoms with E-state index in [-0.39, 0.29) is 57.2 Å². The van der Waals surface area contributed by atoms with Crippen LogP contribution in [0.3, 0.4) is 0 Å². The van der Waals surface area contributed by atoms with Crippen LogP contribution in [-0.2, 0) is 14.3 Å². The number of nitrogens with zero attached hydrogens (tertiary/aromatic N) is 1. The molecule has 1 aromatic carbocycles. The number of carbonyl (C=O) groups excluding carboxylic acids is 3. The fraction of sp³-hybridized carbons (Fsp3) is 0.571. The number of halogens is 2. The fourth-order valence-corrected chi connectivity index (χ4v) is 7.38. The molecule has 2 bridgehead atoms. The number of ether oxygens (including phenoxy) is 1. The first-order chi connectivity index (χ1) is 14.0. The number of benzene rings is 1. The van der Waals surface area contributed by atoms with Crippen LogP contribution in [-0.4, -0.2) is 46.6 Å². The van der Waals surface area contributed by atoms with Crippen LogP contribution in [0.4, 0.5) is 5.69 Å². The van der Waals surface area contributed by atoms with Gasteiger partial charge in [-0.2, -0.15) is 0 Å². The van der Waals surface area contributed by atoms with E-state index in [0.717, 1.165) is 25.9 Å². The van der Waals surface area contributed by atoms with E-state index < -0.39 is 0 Å². The van der Waals surface area contributed by atoms with Crippen molar-refractivity contribution in [2.75, 3.05) is 18.1 Å². The maximum absolute atomic E-state index is 13.2. The van der Waals surface area contributed by atoms with Gasteiger partial charge in [0.25, 0.3) is 5.91 Å². The van der Waals surface area contributed by atoms with Crippen LogP contribution in [0.1, 0.15) is 29.6 Å². The summed E-state index contributed by atoms with van der Waals surface area (Å²) in [6.45, 7) is 1.21. The molecule has 1 N–H and O–H groups in total. The van der Waals surface area contributed by atoms with Gasteiger partial charge in [-0.1, -0.05) is 37.9 Å². The van der Waals surface area contributed by atoms with Crippen molar-refractivity contribution in [3.63, 3.8) is 0 Å². The molecule has 154 valence electrons. The maximum Gasteiger partial charge on any atom is 0.251 e. The van der Waals surface area contributed by atoms with E-state index in [4.69, 9.17) is 4.74 Å². The SMILES string of the molecule is O=C(NC[C@@H]1CCCO1)c1cccc(N2C(=O)[C@@H]3[C@H]4C[C@@H]([C@@H](Br)[C@H]4Br)[C@H]3C2=O)c1. The minimum atomic E-state index is -0.261. The van der Waals surface area contributed by atoms with E-state index in [1.165, 1.54) is 4.90 Å². The highest BCUT2D eigenvalue weighted by Crippen LogP contribution is 2.60. The van der Waals surface area contributed by atoms with E-state index in [1.54, 1.807) is 24.3 Å². The molecule has 2 saturated carbocycles. The minimum absolute atomic E-state index is 0.0631. The van der Waals surface area contributed by atoms with E-state index in [0.29, 0.717) is 17.8 Å². The lowest BCUT2D eigenvalue weighted by Crippen LogP contribution is -2.37. The van der Waals surface area contributed by atoms with Gasteiger partial charge in [0.1, 0.15) is 0 Å². The molecule has 2 aliphatic heterocycles. The largest absolute Gasteiger partial charge is 0.376 e. The second kappa shape index (κ2) is 7.46. The quantitative estimate of drug-likeness (QED) is 0.484. The topological polar surface area (TPSA) is 75.7 Å². The number of rotatable bonds is 4. The number of hydrogen-bond donors (Lipinski definition) is 1. The smallest absolute Gasteiger partial charge is 0.251 e. The first-order valence-electron chi connectivity index (χ1n) is 10.1. The molecule has 29 heavy (non-hydrogen) atoms. The number of anilines is 1. The van der Waals surface area contributed by atoms with Gasteiger partial charge in [0.05, 0.1) is 23.6 Å². The zero-order chi connectivity index (χ0) is 20.3. The van der Waals surface area contributed by atoms with Crippen molar-refractivity contribution in [2.45, 2.75) is 35.0 Å². The number of imide groups is 1. The standard InChI is InChI=1S/C21H22Br2N2O4/c22-17-13-8-14(18(17)23)16-15(13)20(27)25(21(16)28)11-4-1-3-10(7-11)19(26)24-9-12-5-2-6-29-12/h1,3-4,7,12-18H,2,5-6,8-9H2,(H,24,26)/t12-,13+,14+,15+,16+,17-,18+/m0/s1. The number of hydrogen-bond acceptors (Lipinski definition) is 4. The molecule has 4 aliphatic rings. The number of amides is 3. The molecule has 2 aliphatic carbocycles. The van der Waals surface area contributed by atoms with Gasteiger partial charge in [-0.05, 0) is 49.3 Å². The molecule has 2 saturated heterocycles. The Bertz CT molecular complexity index is 840. The molecule has 0 radical (unpaired) electrons. The number of nitrogens with one attached hydrogen (secondary N) is 1. The summed E-state index contributed by atoms with van der Waals surface area (Å²) in [4.78, 5) is 40.6. The van der Waals surface area contributed by atoms with E-state index in [2.05, 4.69) is 37.2 Å². The predicted molar refractivity (Wildman–Crippen MR) is 114 cm³/mol. The van der Waals surface area contributed by atoms with Crippen LogP contribution in [0.25, 0.3) is 0 Å². The number of alkyl halides is 2. The third kappa shape index (κ3) is 3.10. The first kappa shape index (κ1) is 19.7. The Kier molecular flexibility index (Phi) is 5.07. The Labute approximate surface area is 186 Å². The molecule has 0 unspecified atom stereocenters. The van der Waals surface area contributed by atoms with Gasteiger partial charge in [-0.25, -0.2) is 0 Å². The van der Waals surface area contributed by atoms with Crippen LogP contribution >= 0.6 is 31.9 Å². The van der Waals surface area contributed by atoms with Crippen molar-refractivity contribution in [1.29, 1.82) is 0 Å². The zero-order valence-corrected chi connectivity index (χ0v) is 18.9. The third-order valence-electron chi connectivity index (χ3n) is 6.87. The van der Waals surface area contributed by atoms with E-state index in [1.807, 2.05) is 0 Å². The van der Waals surface area contributed by atoms with Crippen LogP contribution in [0.15, 0.2) is 24.3 Å². The van der Waals surface area contributed by atoms with Gasteiger partial charge in [0.15, 0.2) is 0 Å².